The molecule has 0 saturated heterocycles. The van der Waals surface area contributed by atoms with Gasteiger partial charge in [0.25, 0.3) is 5.91 Å². The first-order valence-corrected chi connectivity index (χ1v) is 6.62. The maximum absolute atomic E-state index is 12.0. The second-order valence-electron chi connectivity index (χ2n) is 4.63. The van der Waals surface area contributed by atoms with Crippen molar-refractivity contribution in [3.8, 4) is 0 Å². The molecule has 0 aliphatic heterocycles. The Morgan fingerprint density at radius 2 is 1.81 bits per heavy atom. The lowest BCUT2D eigenvalue weighted by Crippen LogP contribution is -2.13. The maximum atomic E-state index is 12.0. The van der Waals surface area contributed by atoms with Crippen LogP contribution in [0.15, 0.2) is 60.8 Å². The third kappa shape index (κ3) is 3.14. The number of nitrogens with zero attached hydrogens (tertiary/aromatic N) is 2. The first kappa shape index (κ1) is 13.1. The molecule has 5 nitrogen and oxygen atoms in total. The van der Waals surface area contributed by atoms with E-state index in [2.05, 4.69) is 32.9 Å². The number of amides is 1. The Balaban J connectivity index is 1.81. The minimum atomic E-state index is -0.274. The summed E-state index contributed by atoms with van der Waals surface area (Å²) in [6.07, 6.45) is 2.16. The highest BCUT2D eigenvalue weighted by Crippen LogP contribution is 2.19. The second kappa shape index (κ2) is 6.00. The van der Waals surface area contributed by atoms with Crippen molar-refractivity contribution in [2.75, 3.05) is 5.32 Å². The summed E-state index contributed by atoms with van der Waals surface area (Å²) in [4.78, 5) is 12.0. The number of hydrogen-bond acceptors (Lipinski definition) is 3. The number of aromatic amines is 1. The molecule has 0 radical (unpaired) electrons. The van der Waals surface area contributed by atoms with Gasteiger partial charge < -0.3 is 5.32 Å². The van der Waals surface area contributed by atoms with Gasteiger partial charge in [-0.05, 0) is 23.6 Å². The van der Waals surface area contributed by atoms with Crippen LogP contribution in [0.2, 0.25) is 0 Å². The van der Waals surface area contributed by atoms with Crippen molar-refractivity contribution in [1.82, 2.24) is 15.4 Å². The predicted molar refractivity (Wildman–Crippen MR) is 80.0 cm³/mol. The van der Waals surface area contributed by atoms with Crippen LogP contribution < -0.4 is 5.32 Å². The summed E-state index contributed by atoms with van der Waals surface area (Å²) in [5, 5.41) is 12.7. The van der Waals surface area contributed by atoms with Gasteiger partial charge >= 0.3 is 0 Å². The third-order valence-corrected chi connectivity index (χ3v) is 3.15. The Hall–Kier alpha value is -2.95. The molecule has 0 fully saturated rings. The first-order chi connectivity index (χ1) is 10.3. The normalized spacial score (nSPS) is 10.3. The SMILES string of the molecule is O=C(Nc1ccccc1Cc1ccccc1)c1cn[nH]n1. The van der Waals surface area contributed by atoms with Crippen LogP contribution in [-0.2, 0) is 6.42 Å². The third-order valence-electron chi connectivity index (χ3n) is 3.15. The molecule has 1 amide bonds. The monoisotopic (exact) mass is 278 g/mol. The van der Waals surface area contributed by atoms with Gasteiger partial charge in [0.2, 0.25) is 0 Å². The number of H-pyrrole nitrogens is 1. The van der Waals surface area contributed by atoms with Gasteiger partial charge in [0.15, 0.2) is 5.69 Å². The summed E-state index contributed by atoms with van der Waals surface area (Å²) < 4.78 is 0. The highest BCUT2D eigenvalue weighted by atomic mass is 16.2. The van der Waals surface area contributed by atoms with Gasteiger partial charge in [-0.25, -0.2) is 0 Å². The number of benzene rings is 2. The maximum Gasteiger partial charge on any atom is 0.277 e. The smallest absolute Gasteiger partial charge is 0.277 e. The lowest BCUT2D eigenvalue weighted by molar-refractivity contribution is 0.102. The van der Waals surface area contributed by atoms with Crippen LogP contribution in [-0.4, -0.2) is 21.3 Å². The van der Waals surface area contributed by atoms with E-state index in [4.69, 9.17) is 0 Å². The molecule has 104 valence electrons. The average molecular weight is 278 g/mol. The van der Waals surface area contributed by atoms with Crippen LogP contribution in [0.1, 0.15) is 21.6 Å². The summed E-state index contributed by atoms with van der Waals surface area (Å²) in [7, 11) is 0. The number of nitrogens with one attached hydrogen (secondary N) is 2. The molecule has 0 aliphatic carbocycles. The second-order valence-corrected chi connectivity index (χ2v) is 4.63. The first-order valence-electron chi connectivity index (χ1n) is 6.62. The fourth-order valence-electron chi connectivity index (χ4n) is 2.11. The van der Waals surface area contributed by atoms with E-state index in [-0.39, 0.29) is 11.6 Å². The zero-order valence-electron chi connectivity index (χ0n) is 11.3. The zero-order valence-corrected chi connectivity index (χ0v) is 11.3. The molecule has 5 heteroatoms. The molecule has 1 heterocycles. The topological polar surface area (TPSA) is 70.7 Å². The predicted octanol–water partition coefficient (Wildman–Crippen LogP) is 2.65. The number of carbonyl (C=O) groups excluding carboxylic acids is 1. The lowest BCUT2D eigenvalue weighted by Gasteiger charge is -2.10. The van der Waals surface area contributed by atoms with Gasteiger partial charge in [-0.1, -0.05) is 48.5 Å². The fraction of sp³-hybridized carbons (Fsp3) is 0.0625. The number of aromatic nitrogens is 3. The van der Waals surface area contributed by atoms with E-state index in [1.54, 1.807) is 0 Å². The largest absolute Gasteiger partial charge is 0.320 e. The van der Waals surface area contributed by atoms with E-state index >= 15 is 0 Å². The van der Waals surface area contributed by atoms with Crippen molar-refractivity contribution in [2.24, 2.45) is 0 Å². The van der Waals surface area contributed by atoms with E-state index in [1.165, 1.54) is 11.8 Å². The number of anilines is 1. The Bertz CT molecular complexity index is 723. The summed E-state index contributed by atoms with van der Waals surface area (Å²) >= 11 is 0. The minimum Gasteiger partial charge on any atom is -0.320 e. The van der Waals surface area contributed by atoms with Gasteiger partial charge in [-0.3, -0.25) is 4.79 Å². The molecular formula is C16H14N4O. The summed E-state index contributed by atoms with van der Waals surface area (Å²) in [5.41, 5.74) is 3.31. The highest BCUT2D eigenvalue weighted by Gasteiger charge is 2.11. The van der Waals surface area contributed by atoms with Gasteiger partial charge in [-0.2, -0.15) is 15.4 Å². The number of carbonyl (C=O) groups is 1. The molecule has 0 aliphatic rings. The van der Waals surface area contributed by atoms with Gasteiger partial charge in [0.1, 0.15) is 0 Å². The summed E-state index contributed by atoms with van der Waals surface area (Å²) in [5.74, 6) is -0.274. The Kier molecular flexibility index (Phi) is 3.73. The molecule has 0 saturated carbocycles. The van der Waals surface area contributed by atoms with Gasteiger partial charge in [0, 0.05) is 5.69 Å². The van der Waals surface area contributed by atoms with E-state index in [0.717, 1.165) is 17.7 Å². The minimum absolute atomic E-state index is 0.268. The van der Waals surface area contributed by atoms with Crippen molar-refractivity contribution in [3.63, 3.8) is 0 Å². The standard InChI is InChI=1S/C16H14N4O/c21-16(15-11-17-20-19-15)18-14-9-5-4-8-13(14)10-12-6-2-1-3-7-12/h1-9,11H,10H2,(H,18,21)(H,17,19,20). The molecule has 2 aromatic carbocycles. The molecule has 0 bridgehead atoms. The van der Waals surface area contributed by atoms with Crippen LogP contribution in [0.3, 0.4) is 0 Å². The molecular weight excluding hydrogens is 264 g/mol. The van der Waals surface area contributed by atoms with Crippen molar-refractivity contribution in [2.45, 2.75) is 6.42 Å². The quantitative estimate of drug-likeness (QED) is 0.770. The highest BCUT2D eigenvalue weighted by molar-refractivity contribution is 6.03. The van der Waals surface area contributed by atoms with E-state index in [1.807, 2.05) is 42.5 Å². The Morgan fingerprint density at radius 3 is 2.57 bits per heavy atom. The van der Waals surface area contributed by atoms with Crippen LogP contribution in [0.25, 0.3) is 0 Å². The Labute approximate surface area is 122 Å². The van der Waals surface area contributed by atoms with Crippen LogP contribution in [0.5, 0.6) is 0 Å². The number of rotatable bonds is 4. The van der Waals surface area contributed by atoms with Crippen molar-refractivity contribution in [3.05, 3.63) is 77.6 Å². The van der Waals surface area contributed by atoms with Crippen molar-refractivity contribution >= 4 is 11.6 Å². The zero-order chi connectivity index (χ0) is 14.5. The van der Waals surface area contributed by atoms with Gasteiger partial charge in [0.05, 0.1) is 6.20 Å². The van der Waals surface area contributed by atoms with E-state index in [9.17, 15) is 4.79 Å². The fourth-order valence-corrected chi connectivity index (χ4v) is 2.11. The molecule has 0 atom stereocenters. The molecule has 21 heavy (non-hydrogen) atoms. The van der Waals surface area contributed by atoms with E-state index < -0.39 is 0 Å². The Morgan fingerprint density at radius 1 is 1.05 bits per heavy atom. The molecule has 0 unspecified atom stereocenters. The van der Waals surface area contributed by atoms with E-state index in [0.29, 0.717) is 0 Å². The average Bonchev–Trinajstić information content (AvgIpc) is 3.05. The molecule has 2 N–H and O–H groups in total. The molecule has 3 rings (SSSR count). The van der Waals surface area contributed by atoms with Crippen LogP contribution in [0.4, 0.5) is 5.69 Å². The summed E-state index contributed by atoms with van der Waals surface area (Å²) in [6.45, 7) is 0. The molecule has 0 spiro atoms. The van der Waals surface area contributed by atoms with Crippen molar-refractivity contribution in [1.29, 1.82) is 0 Å². The number of para-hydroxylation sites is 1. The molecule has 1 aromatic heterocycles. The van der Waals surface area contributed by atoms with Crippen LogP contribution in [0, 0.1) is 0 Å². The van der Waals surface area contributed by atoms with Crippen LogP contribution >= 0.6 is 0 Å². The summed E-state index contributed by atoms with van der Waals surface area (Å²) in [6, 6.07) is 17.9. The van der Waals surface area contributed by atoms with Crippen molar-refractivity contribution < 1.29 is 4.79 Å². The number of hydrogen-bond donors (Lipinski definition) is 2. The lowest BCUT2D eigenvalue weighted by atomic mass is 10.0. The van der Waals surface area contributed by atoms with Gasteiger partial charge in [-0.15, -0.1) is 0 Å². The molecule has 3 aromatic rings.